The van der Waals surface area contributed by atoms with Gasteiger partial charge in [-0.15, -0.1) is 0 Å². The third kappa shape index (κ3) is 2.07. The number of amides is 1. The van der Waals surface area contributed by atoms with Crippen molar-refractivity contribution < 1.29 is 9.90 Å². The van der Waals surface area contributed by atoms with Crippen molar-refractivity contribution >= 4 is 5.91 Å². The second-order valence-electron chi connectivity index (χ2n) is 5.04. The Bertz CT molecular complexity index is 413. The zero-order chi connectivity index (χ0) is 12.5. The summed E-state index contributed by atoms with van der Waals surface area (Å²) in [6.45, 7) is 4.96. The first-order valence-corrected chi connectivity index (χ1v) is 6.06. The molecule has 0 saturated carbocycles. The van der Waals surface area contributed by atoms with Crippen LogP contribution in [-0.2, 0) is 11.4 Å². The molecule has 1 unspecified atom stereocenters. The first-order valence-electron chi connectivity index (χ1n) is 6.06. The molecule has 0 spiro atoms. The molecular formula is C14H19NO2. The molecule has 3 nitrogen and oxygen atoms in total. The molecule has 2 atom stereocenters. The number of rotatable bonds is 3. The van der Waals surface area contributed by atoms with Crippen molar-refractivity contribution in [2.75, 3.05) is 6.54 Å². The predicted octanol–water partition coefficient (Wildman–Crippen LogP) is 1.81. The van der Waals surface area contributed by atoms with Crippen LogP contribution in [0.4, 0.5) is 0 Å². The molecule has 17 heavy (non-hydrogen) atoms. The number of hydrogen-bond donors (Lipinski definition) is 2. The van der Waals surface area contributed by atoms with Gasteiger partial charge in [-0.05, 0) is 23.5 Å². The van der Waals surface area contributed by atoms with Crippen molar-refractivity contribution in [1.29, 1.82) is 0 Å². The summed E-state index contributed by atoms with van der Waals surface area (Å²) in [4.78, 5) is 11.9. The molecule has 3 heteroatoms. The second-order valence-corrected chi connectivity index (χ2v) is 5.04. The van der Waals surface area contributed by atoms with Crippen LogP contribution in [-0.4, -0.2) is 17.6 Å². The van der Waals surface area contributed by atoms with Crippen LogP contribution in [0, 0.1) is 5.41 Å². The SMILES string of the molecule is C[C@H](c1ccc(CO)cc1)C1(C)CCNC1=O. The fourth-order valence-corrected chi connectivity index (χ4v) is 2.44. The van der Waals surface area contributed by atoms with Gasteiger partial charge in [0.2, 0.25) is 5.91 Å². The molecule has 1 aliphatic rings. The summed E-state index contributed by atoms with van der Waals surface area (Å²) in [5.41, 5.74) is 1.75. The lowest BCUT2D eigenvalue weighted by molar-refractivity contribution is -0.127. The Labute approximate surface area is 102 Å². The predicted molar refractivity (Wildman–Crippen MR) is 66.5 cm³/mol. The maximum Gasteiger partial charge on any atom is 0.226 e. The van der Waals surface area contributed by atoms with Gasteiger partial charge in [0.05, 0.1) is 12.0 Å². The third-order valence-electron chi connectivity index (χ3n) is 4.07. The lowest BCUT2D eigenvalue weighted by Crippen LogP contribution is -2.33. The van der Waals surface area contributed by atoms with Crippen molar-refractivity contribution in [3.05, 3.63) is 35.4 Å². The molecule has 0 aromatic heterocycles. The third-order valence-corrected chi connectivity index (χ3v) is 4.07. The van der Waals surface area contributed by atoms with E-state index < -0.39 is 0 Å². The Balaban J connectivity index is 2.24. The van der Waals surface area contributed by atoms with Crippen LogP contribution in [0.3, 0.4) is 0 Å². The highest BCUT2D eigenvalue weighted by atomic mass is 16.3. The van der Waals surface area contributed by atoms with E-state index in [0.717, 1.165) is 24.1 Å². The molecule has 1 amide bonds. The number of carbonyl (C=O) groups excluding carboxylic acids is 1. The summed E-state index contributed by atoms with van der Waals surface area (Å²) in [6, 6.07) is 7.85. The average Bonchev–Trinajstić information content (AvgIpc) is 2.70. The van der Waals surface area contributed by atoms with Crippen molar-refractivity contribution in [3.63, 3.8) is 0 Å². The van der Waals surface area contributed by atoms with Gasteiger partial charge in [-0.1, -0.05) is 38.1 Å². The molecule has 1 fully saturated rings. The van der Waals surface area contributed by atoms with E-state index in [9.17, 15) is 4.79 Å². The highest BCUT2D eigenvalue weighted by Gasteiger charge is 2.42. The second kappa shape index (κ2) is 4.49. The smallest absolute Gasteiger partial charge is 0.226 e. The van der Waals surface area contributed by atoms with Gasteiger partial charge >= 0.3 is 0 Å². The van der Waals surface area contributed by atoms with Crippen molar-refractivity contribution in [3.8, 4) is 0 Å². The fourth-order valence-electron chi connectivity index (χ4n) is 2.44. The van der Waals surface area contributed by atoms with Gasteiger partial charge in [-0.25, -0.2) is 0 Å². The van der Waals surface area contributed by atoms with Crippen LogP contribution >= 0.6 is 0 Å². The fraction of sp³-hybridized carbons (Fsp3) is 0.500. The van der Waals surface area contributed by atoms with Crippen LogP contribution in [0.5, 0.6) is 0 Å². The molecule has 1 aromatic rings. The maximum atomic E-state index is 11.9. The standard InChI is InChI=1S/C14H19NO2/c1-10(14(2)7-8-15-13(14)17)12-5-3-11(9-16)4-6-12/h3-6,10,16H,7-9H2,1-2H3,(H,15,17)/t10-,14?/m1/s1. The summed E-state index contributed by atoms with van der Waals surface area (Å²) in [6.07, 6.45) is 0.884. The van der Waals surface area contributed by atoms with E-state index >= 15 is 0 Å². The van der Waals surface area contributed by atoms with E-state index in [1.807, 2.05) is 31.2 Å². The first kappa shape index (κ1) is 12.1. The molecule has 0 radical (unpaired) electrons. The minimum atomic E-state index is -0.305. The van der Waals surface area contributed by atoms with E-state index in [4.69, 9.17) is 5.11 Å². The van der Waals surface area contributed by atoms with Gasteiger partial charge in [0, 0.05) is 6.54 Å². The van der Waals surface area contributed by atoms with Gasteiger partial charge in [0.15, 0.2) is 0 Å². The van der Waals surface area contributed by atoms with Gasteiger partial charge in [0.25, 0.3) is 0 Å². The highest BCUT2D eigenvalue weighted by molar-refractivity contribution is 5.85. The molecule has 1 saturated heterocycles. The lowest BCUT2D eigenvalue weighted by atomic mass is 9.73. The van der Waals surface area contributed by atoms with E-state index in [-0.39, 0.29) is 23.8 Å². The minimum Gasteiger partial charge on any atom is -0.392 e. The molecule has 2 N–H and O–H groups in total. The molecule has 1 aliphatic heterocycles. The van der Waals surface area contributed by atoms with Crippen LogP contribution < -0.4 is 5.32 Å². The molecule has 1 aromatic carbocycles. The Morgan fingerprint density at radius 1 is 1.41 bits per heavy atom. The van der Waals surface area contributed by atoms with Gasteiger partial charge in [-0.3, -0.25) is 4.79 Å². The van der Waals surface area contributed by atoms with Crippen LogP contribution in [0.25, 0.3) is 0 Å². The van der Waals surface area contributed by atoms with Crippen LogP contribution in [0.2, 0.25) is 0 Å². The maximum absolute atomic E-state index is 11.9. The first-order chi connectivity index (χ1) is 8.08. The van der Waals surface area contributed by atoms with Gasteiger partial charge in [0.1, 0.15) is 0 Å². The number of aliphatic hydroxyl groups excluding tert-OH is 1. The van der Waals surface area contributed by atoms with Crippen LogP contribution in [0.15, 0.2) is 24.3 Å². The minimum absolute atomic E-state index is 0.0619. The van der Waals surface area contributed by atoms with Crippen molar-refractivity contribution in [2.45, 2.75) is 32.8 Å². The Hall–Kier alpha value is -1.35. The topological polar surface area (TPSA) is 49.3 Å². The van der Waals surface area contributed by atoms with E-state index in [1.54, 1.807) is 0 Å². The number of hydrogen-bond acceptors (Lipinski definition) is 2. The zero-order valence-electron chi connectivity index (χ0n) is 10.4. The lowest BCUT2D eigenvalue weighted by Gasteiger charge is -2.28. The molecule has 1 heterocycles. The number of nitrogens with one attached hydrogen (secondary N) is 1. The van der Waals surface area contributed by atoms with Crippen molar-refractivity contribution in [1.82, 2.24) is 5.32 Å². The Kier molecular flexibility index (Phi) is 3.20. The Morgan fingerprint density at radius 2 is 2.06 bits per heavy atom. The molecule has 0 bridgehead atoms. The van der Waals surface area contributed by atoms with E-state index in [2.05, 4.69) is 12.2 Å². The normalized spacial score (nSPS) is 25.7. The molecule has 92 valence electrons. The Morgan fingerprint density at radius 3 is 2.53 bits per heavy atom. The zero-order valence-corrected chi connectivity index (χ0v) is 10.4. The highest BCUT2D eigenvalue weighted by Crippen LogP contribution is 2.41. The van der Waals surface area contributed by atoms with E-state index in [0.29, 0.717) is 0 Å². The summed E-state index contributed by atoms with van der Waals surface area (Å²) in [7, 11) is 0. The van der Waals surface area contributed by atoms with Crippen LogP contribution in [0.1, 0.15) is 37.3 Å². The summed E-state index contributed by atoms with van der Waals surface area (Å²) in [5, 5.41) is 11.9. The van der Waals surface area contributed by atoms with Crippen molar-refractivity contribution in [2.24, 2.45) is 5.41 Å². The quantitative estimate of drug-likeness (QED) is 0.836. The van der Waals surface area contributed by atoms with Gasteiger partial charge in [-0.2, -0.15) is 0 Å². The molecule has 2 rings (SSSR count). The molecule has 0 aliphatic carbocycles. The number of carbonyl (C=O) groups is 1. The summed E-state index contributed by atoms with van der Waals surface area (Å²) < 4.78 is 0. The number of aliphatic hydroxyl groups is 1. The average molecular weight is 233 g/mol. The number of benzene rings is 1. The van der Waals surface area contributed by atoms with Gasteiger partial charge < -0.3 is 10.4 Å². The summed E-state index contributed by atoms with van der Waals surface area (Å²) in [5.74, 6) is 0.342. The largest absolute Gasteiger partial charge is 0.392 e. The monoisotopic (exact) mass is 233 g/mol. The molecular weight excluding hydrogens is 214 g/mol. The van der Waals surface area contributed by atoms with E-state index in [1.165, 1.54) is 0 Å². The summed E-state index contributed by atoms with van der Waals surface area (Å²) >= 11 is 0.